The van der Waals surface area contributed by atoms with Crippen molar-refractivity contribution in [3.8, 4) is 11.8 Å². The summed E-state index contributed by atoms with van der Waals surface area (Å²) in [6.07, 6.45) is 0. The molecule has 0 fully saturated rings. The summed E-state index contributed by atoms with van der Waals surface area (Å²) in [6, 6.07) is 16.3. The molecule has 0 radical (unpaired) electrons. The second-order valence-electron chi connectivity index (χ2n) is 7.09. The maximum atomic E-state index is 5.81. The number of ether oxygens (including phenoxy) is 1. The van der Waals surface area contributed by atoms with Crippen molar-refractivity contribution in [1.29, 1.82) is 0 Å². The van der Waals surface area contributed by atoms with E-state index < -0.39 is 0 Å². The van der Waals surface area contributed by atoms with Crippen molar-refractivity contribution in [1.82, 2.24) is 15.0 Å². The number of oxazole rings is 1. The Hall–Kier alpha value is -3.41. The van der Waals surface area contributed by atoms with Gasteiger partial charge in [0.25, 0.3) is 6.01 Å². The van der Waals surface area contributed by atoms with Gasteiger partial charge >= 0.3 is 6.01 Å². The number of hydrogen-bond acceptors (Lipinski definition) is 6. The van der Waals surface area contributed by atoms with E-state index >= 15 is 0 Å². The molecule has 2 heterocycles. The molecule has 0 saturated heterocycles. The van der Waals surface area contributed by atoms with Gasteiger partial charge in [-0.05, 0) is 55.7 Å². The van der Waals surface area contributed by atoms with E-state index in [9.17, 15) is 0 Å². The van der Waals surface area contributed by atoms with Gasteiger partial charge in [0.15, 0.2) is 5.58 Å². The molecule has 0 aliphatic carbocycles. The summed E-state index contributed by atoms with van der Waals surface area (Å²) >= 11 is 0. The van der Waals surface area contributed by atoms with Gasteiger partial charge in [-0.3, -0.25) is 0 Å². The first-order chi connectivity index (χ1) is 13.5. The Bertz CT molecular complexity index is 1110. The molecule has 2 aromatic heterocycles. The van der Waals surface area contributed by atoms with Crippen molar-refractivity contribution in [2.24, 2.45) is 0 Å². The minimum Gasteiger partial charge on any atom is -0.424 e. The fraction of sp³-hybridized carbons (Fsp3) is 0.227. The van der Waals surface area contributed by atoms with E-state index in [1.54, 1.807) is 0 Å². The van der Waals surface area contributed by atoms with E-state index in [1.165, 1.54) is 5.56 Å². The fourth-order valence-electron chi connectivity index (χ4n) is 2.96. The van der Waals surface area contributed by atoms with Crippen LogP contribution in [0, 0.1) is 13.8 Å². The Balaban J connectivity index is 1.55. The number of anilines is 2. The van der Waals surface area contributed by atoms with Crippen LogP contribution in [0.1, 0.15) is 36.7 Å². The van der Waals surface area contributed by atoms with Crippen molar-refractivity contribution in [2.45, 2.75) is 33.6 Å². The first-order valence-electron chi connectivity index (χ1n) is 9.24. The van der Waals surface area contributed by atoms with E-state index in [1.807, 2.05) is 50.2 Å². The Morgan fingerprint density at radius 3 is 2.46 bits per heavy atom. The number of benzene rings is 2. The van der Waals surface area contributed by atoms with Crippen molar-refractivity contribution >= 4 is 22.8 Å². The van der Waals surface area contributed by atoms with E-state index in [0.29, 0.717) is 23.7 Å². The zero-order valence-corrected chi connectivity index (χ0v) is 16.4. The molecule has 4 rings (SSSR count). The summed E-state index contributed by atoms with van der Waals surface area (Å²) in [4.78, 5) is 13.2. The maximum Gasteiger partial charge on any atom is 0.322 e. The van der Waals surface area contributed by atoms with Crippen LogP contribution in [0.15, 0.2) is 52.9 Å². The second-order valence-corrected chi connectivity index (χ2v) is 7.09. The van der Waals surface area contributed by atoms with Gasteiger partial charge in [-0.25, -0.2) is 9.97 Å². The molecule has 2 aromatic carbocycles. The van der Waals surface area contributed by atoms with E-state index in [0.717, 1.165) is 28.2 Å². The molecule has 0 atom stereocenters. The minimum absolute atomic E-state index is 0.331. The van der Waals surface area contributed by atoms with Crippen molar-refractivity contribution < 1.29 is 9.15 Å². The van der Waals surface area contributed by atoms with Gasteiger partial charge in [0, 0.05) is 23.1 Å². The fourth-order valence-corrected chi connectivity index (χ4v) is 2.96. The normalized spacial score (nSPS) is 11.2. The zero-order chi connectivity index (χ0) is 19.7. The summed E-state index contributed by atoms with van der Waals surface area (Å²) in [6.45, 7) is 8.14. The molecule has 0 bridgehead atoms. The summed E-state index contributed by atoms with van der Waals surface area (Å²) in [7, 11) is 0. The lowest BCUT2D eigenvalue weighted by Gasteiger charge is -2.07. The van der Waals surface area contributed by atoms with Crippen molar-refractivity contribution in [3.05, 3.63) is 65.5 Å². The third kappa shape index (κ3) is 3.96. The lowest BCUT2D eigenvalue weighted by molar-refractivity contribution is 0.439. The molecule has 6 nitrogen and oxygen atoms in total. The average Bonchev–Trinajstić information content (AvgIpc) is 3.02. The maximum absolute atomic E-state index is 5.81. The highest BCUT2D eigenvalue weighted by Gasteiger charge is 2.09. The third-order valence-electron chi connectivity index (χ3n) is 4.33. The SMILES string of the molecule is Cc1cc(C)nc(Oc2cccc(Nc3nc4cc(C(C)C)ccc4o3)c2)n1. The van der Waals surface area contributed by atoms with Gasteiger partial charge in [0.1, 0.15) is 11.3 Å². The average molecular weight is 374 g/mol. The van der Waals surface area contributed by atoms with Crippen LogP contribution in [0.3, 0.4) is 0 Å². The number of nitrogens with zero attached hydrogens (tertiary/aromatic N) is 3. The molecule has 0 saturated carbocycles. The van der Waals surface area contributed by atoms with Crippen LogP contribution >= 0.6 is 0 Å². The molecule has 0 spiro atoms. The van der Waals surface area contributed by atoms with Crippen molar-refractivity contribution in [3.63, 3.8) is 0 Å². The number of aromatic nitrogens is 3. The molecular formula is C22H22N4O2. The Kier molecular flexibility index (Phi) is 4.69. The Morgan fingerprint density at radius 2 is 1.71 bits per heavy atom. The van der Waals surface area contributed by atoms with Crippen molar-refractivity contribution in [2.75, 3.05) is 5.32 Å². The topological polar surface area (TPSA) is 73.1 Å². The Morgan fingerprint density at radius 1 is 0.929 bits per heavy atom. The number of nitrogens with one attached hydrogen (secondary N) is 1. The second kappa shape index (κ2) is 7.31. The lowest BCUT2D eigenvalue weighted by atomic mass is 10.0. The third-order valence-corrected chi connectivity index (χ3v) is 4.33. The van der Waals surface area contributed by atoms with Crippen LogP contribution in [-0.4, -0.2) is 15.0 Å². The molecule has 142 valence electrons. The molecule has 0 aliphatic rings. The lowest BCUT2D eigenvalue weighted by Crippen LogP contribution is -1.96. The molecule has 0 unspecified atom stereocenters. The highest BCUT2D eigenvalue weighted by molar-refractivity contribution is 5.76. The molecule has 28 heavy (non-hydrogen) atoms. The Labute approximate surface area is 163 Å². The summed E-state index contributed by atoms with van der Waals surface area (Å²) < 4.78 is 11.6. The van der Waals surface area contributed by atoms with Gasteiger partial charge in [0.05, 0.1) is 0 Å². The molecule has 4 aromatic rings. The largest absolute Gasteiger partial charge is 0.424 e. The molecule has 0 aliphatic heterocycles. The predicted molar refractivity (Wildman–Crippen MR) is 109 cm³/mol. The van der Waals surface area contributed by atoms with Gasteiger partial charge in [0.2, 0.25) is 0 Å². The van der Waals surface area contributed by atoms with E-state index in [4.69, 9.17) is 9.15 Å². The van der Waals surface area contributed by atoms with E-state index in [2.05, 4.69) is 46.2 Å². The summed E-state index contributed by atoms with van der Waals surface area (Å²) in [5, 5.41) is 3.19. The monoisotopic (exact) mass is 374 g/mol. The molecule has 1 N–H and O–H groups in total. The van der Waals surface area contributed by atoms with Gasteiger partial charge in [-0.1, -0.05) is 26.0 Å². The van der Waals surface area contributed by atoms with Crippen LogP contribution in [0.5, 0.6) is 11.8 Å². The van der Waals surface area contributed by atoms with Gasteiger partial charge < -0.3 is 14.5 Å². The molecule has 0 amide bonds. The summed E-state index contributed by atoms with van der Waals surface area (Å²) in [5.74, 6) is 1.08. The van der Waals surface area contributed by atoms with Crippen LogP contribution < -0.4 is 10.1 Å². The van der Waals surface area contributed by atoms with Crippen LogP contribution in [0.4, 0.5) is 11.7 Å². The highest BCUT2D eigenvalue weighted by atomic mass is 16.5. The number of rotatable bonds is 5. The smallest absolute Gasteiger partial charge is 0.322 e. The predicted octanol–water partition coefficient (Wildman–Crippen LogP) is 5.89. The van der Waals surface area contributed by atoms with Crippen LogP contribution in [0.2, 0.25) is 0 Å². The minimum atomic E-state index is 0.331. The summed E-state index contributed by atoms with van der Waals surface area (Å²) in [5.41, 5.74) is 5.36. The van der Waals surface area contributed by atoms with Crippen LogP contribution in [0.25, 0.3) is 11.1 Å². The van der Waals surface area contributed by atoms with Gasteiger partial charge in [-0.15, -0.1) is 0 Å². The number of hydrogen-bond donors (Lipinski definition) is 1. The first kappa shape index (κ1) is 18.0. The number of aryl methyl sites for hydroxylation is 2. The zero-order valence-electron chi connectivity index (χ0n) is 16.4. The number of fused-ring (bicyclic) bond motifs is 1. The quantitative estimate of drug-likeness (QED) is 0.469. The molecular weight excluding hydrogens is 352 g/mol. The standard InChI is InChI=1S/C22H22N4O2/c1-13(2)16-8-9-20-19(11-16)26-22(28-20)25-17-6-5-7-18(12-17)27-21-23-14(3)10-15(4)24-21/h5-13H,1-4H3,(H,25,26). The van der Waals surface area contributed by atoms with Gasteiger partial charge in [-0.2, -0.15) is 4.98 Å². The first-order valence-corrected chi connectivity index (χ1v) is 9.24. The highest BCUT2D eigenvalue weighted by Crippen LogP contribution is 2.27. The van der Waals surface area contributed by atoms with E-state index in [-0.39, 0.29) is 0 Å². The molecule has 6 heteroatoms. The van der Waals surface area contributed by atoms with Crippen LogP contribution in [-0.2, 0) is 0 Å².